The average molecular weight is 304 g/mol. The summed E-state index contributed by atoms with van der Waals surface area (Å²) in [6.07, 6.45) is -4.55. The molecule has 2 aromatic rings. The van der Waals surface area contributed by atoms with E-state index in [1.165, 1.54) is 13.0 Å². The third-order valence-electron chi connectivity index (χ3n) is 3.08. The molecule has 1 aromatic heterocycles. The number of nitrogens with zero attached hydrogens (tertiary/aromatic N) is 1. The Hall–Kier alpha value is -1.69. The van der Waals surface area contributed by atoms with Crippen LogP contribution >= 0.6 is 11.6 Å². The zero-order valence-electron chi connectivity index (χ0n) is 10.3. The number of halogens is 4. The lowest BCUT2D eigenvalue weighted by Gasteiger charge is -2.20. The summed E-state index contributed by atoms with van der Waals surface area (Å²) in [4.78, 5) is 3.67. The highest BCUT2D eigenvalue weighted by Gasteiger charge is 2.36. The van der Waals surface area contributed by atoms with E-state index < -0.39 is 11.9 Å². The number of ether oxygens (including phenoxy) is 2. The summed E-state index contributed by atoms with van der Waals surface area (Å²) >= 11 is 6.04. The van der Waals surface area contributed by atoms with Gasteiger partial charge in [0.1, 0.15) is 18.9 Å². The number of benzene rings is 1. The maximum absolute atomic E-state index is 12.9. The normalized spacial score (nSPS) is 14.7. The Morgan fingerprint density at radius 1 is 1.15 bits per heavy atom. The Bertz CT molecular complexity index is 700. The monoisotopic (exact) mass is 303 g/mol. The topological polar surface area (TPSA) is 31.4 Å². The zero-order chi connectivity index (χ0) is 14.5. The van der Waals surface area contributed by atoms with Crippen molar-refractivity contribution in [3.05, 3.63) is 28.4 Å². The Balaban J connectivity index is 2.31. The van der Waals surface area contributed by atoms with E-state index in [1.54, 1.807) is 6.07 Å². The second-order valence-corrected chi connectivity index (χ2v) is 4.79. The fourth-order valence-electron chi connectivity index (χ4n) is 2.13. The fourth-order valence-corrected chi connectivity index (χ4v) is 2.37. The first-order chi connectivity index (χ1) is 9.38. The number of rotatable bonds is 0. The van der Waals surface area contributed by atoms with Crippen LogP contribution in [0, 0.1) is 6.92 Å². The molecule has 0 amide bonds. The van der Waals surface area contributed by atoms with Gasteiger partial charge >= 0.3 is 6.18 Å². The summed E-state index contributed by atoms with van der Waals surface area (Å²) in [6.45, 7) is 2.04. The van der Waals surface area contributed by atoms with E-state index >= 15 is 0 Å². The molecule has 1 aromatic carbocycles. The van der Waals surface area contributed by atoms with Gasteiger partial charge in [-0.25, -0.2) is 4.98 Å². The predicted octanol–water partition coefficient (Wildman–Crippen LogP) is 3.99. The molecule has 0 atom stereocenters. The molecule has 20 heavy (non-hydrogen) atoms. The zero-order valence-corrected chi connectivity index (χ0v) is 11.1. The van der Waals surface area contributed by atoms with Crippen molar-refractivity contribution in [1.29, 1.82) is 0 Å². The SMILES string of the molecule is Cc1c(C(F)(F)F)nc2cc3c(cc2c1Cl)OCCO3. The van der Waals surface area contributed by atoms with Crippen molar-refractivity contribution < 1.29 is 22.6 Å². The largest absolute Gasteiger partial charge is 0.486 e. The molecule has 0 bridgehead atoms. The number of aromatic nitrogens is 1. The molecular formula is C13H9ClF3NO2. The van der Waals surface area contributed by atoms with Gasteiger partial charge in [-0.05, 0) is 18.6 Å². The number of hydrogen-bond donors (Lipinski definition) is 0. The van der Waals surface area contributed by atoms with E-state index in [0.29, 0.717) is 30.1 Å². The first-order valence-electron chi connectivity index (χ1n) is 5.84. The smallest absolute Gasteiger partial charge is 0.433 e. The third kappa shape index (κ3) is 2.04. The van der Waals surface area contributed by atoms with E-state index in [-0.39, 0.29) is 16.1 Å². The van der Waals surface area contributed by atoms with Gasteiger partial charge in [0, 0.05) is 11.5 Å². The maximum atomic E-state index is 12.9. The minimum absolute atomic E-state index is 0.0271. The number of pyridine rings is 1. The van der Waals surface area contributed by atoms with Crippen LogP contribution in [0.1, 0.15) is 11.3 Å². The molecule has 0 unspecified atom stereocenters. The number of fused-ring (bicyclic) bond motifs is 2. The van der Waals surface area contributed by atoms with E-state index in [9.17, 15) is 13.2 Å². The van der Waals surface area contributed by atoms with Crippen molar-refractivity contribution in [2.75, 3.05) is 13.2 Å². The Labute approximate surface area is 117 Å². The van der Waals surface area contributed by atoms with Crippen molar-refractivity contribution in [1.82, 2.24) is 4.98 Å². The lowest BCUT2D eigenvalue weighted by molar-refractivity contribution is -0.141. The van der Waals surface area contributed by atoms with Crippen LogP contribution in [0.25, 0.3) is 10.9 Å². The van der Waals surface area contributed by atoms with Gasteiger partial charge in [-0.2, -0.15) is 13.2 Å². The van der Waals surface area contributed by atoms with Crippen molar-refractivity contribution in [2.24, 2.45) is 0 Å². The van der Waals surface area contributed by atoms with Crippen molar-refractivity contribution in [3.63, 3.8) is 0 Å². The van der Waals surface area contributed by atoms with Crippen LogP contribution in [0.3, 0.4) is 0 Å². The molecule has 106 valence electrons. The van der Waals surface area contributed by atoms with Gasteiger partial charge in [0.05, 0.1) is 10.5 Å². The highest BCUT2D eigenvalue weighted by Crippen LogP contribution is 2.41. The summed E-state index contributed by atoms with van der Waals surface area (Å²) in [6, 6.07) is 2.98. The highest BCUT2D eigenvalue weighted by atomic mass is 35.5. The van der Waals surface area contributed by atoms with Crippen LogP contribution in [0.15, 0.2) is 12.1 Å². The Morgan fingerprint density at radius 2 is 1.75 bits per heavy atom. The lowest BCUT2D eigenvalue weighted by Crippen LogP contribution is -2.16. The summed E-state index contributed by atoms with van der Waals surface area (Å²) < 4.78 is 49.5. The quantitative estimate of drug-likeness (QED) is 0.737. The van der Waals surface area contributed by atoms with E-state index in [0.717, 1.165) is 0 Å². The minimum atomic E-state index is -4.55. The van der Waals surface area contributed by atoms with Crippen LogP contribution in [0.5, 0.6) is 11.5 Å². The molecule has 3 rings (SSSR count). The van der Waals surface area contributed by atoms with Gasteiger partial charge in [0.2, 0.25) is 0 Å². The van der Waals surface area contributed by atoms with E-state index in [1.807, 2.05) is 0 Å². The third-order valence-corrected chi connectivity index (χ3v) is 3.57. The van der Waals surface area contributed by atoms with Crippen molar-refractivity contribution >= 4 is 22.5 Å². The second-order valence-electron chi connectivity index (χ2n) is 4.41. The van der Waals surface area contributed by atoms with Gasteiger partial charge in [0.15, 0.2) is 11.5 Å². The molecule has 0 spiro atoms. The highest BCUT2D eigenvalue weighted by molar-refractivity contribution is 6.36. The standard InChI is InChI=1S/C13H9ClF3NO2/c1-6-11(14)7-4-9-10(20-3-2-19-9)5-8(7)18-12(6)13(15,16)17/h4-5H,2-3H2,1H3. The fraction of sp³-hybridized carbons (Fsp3) is 0.308. The summed E-state index contributed by atoms with van der Waals surface area (Å²) in [5, 5.41) is 0.445. The molecule has 0 fully saturated rings. The van der Waals surface area contributed by atoms with Gasteiger partial charge < -0.3 is 9.47 Å². The van der Waals surface area contributed by atoms with Crippen molar-refractivity contribution in [3.8, 4) is 11.5 Å². The number of alkyl halides is 3. The number of hydrogen-bond acceptors (Lipinski definition) is 3. The van der Waals surface area contributed by atoms with Crippen LogP contribution in [0.2, 0.25) is 5.02 Å². The van der Waals surface area contributed by atoms with Gasteiger partial charge in [0.25, 0.3) is 0 Å². The molecule has 1 aliphatic heterocycles. The molecule has 0 saturated carbocycles. The molecular weight excluding hydrogens is 295 g/mol. The molecule has 7 heteroatoms. The second kappa shape index (κ2) is 4.41. The molecule has 0 aliphatic carbocycles. The first-order valence-corrected chi connectivity index (χ1v) is 6.22. The molecule has 2 heterocycles. The van der Waals surface area contributed by atoms with E-state index in [4.69, 9.17) is 21.1 Å². The first kappa shape index (κ1) is 13.3. The predicted molar refractivity (Wildman–Crippen MR) is 67.5 cm³/mol. The Kier molecular flexibility index (Phi) is 2.93. The molecule has 1 aliphatic rings. The molecule has 3 nitrogen and oxygen atoms in total. The average Bonchev–Trinajstić information content (AvgIpc) is 2.40. The summed E-state index contributed by atoms with van der Waals surface area (Å²) in [5.41, 5.74) is -0.938. The summed E-state index contributed by atoms with van der Waals surface area (Å²) in [7, 11) is 0. The van der Waals surface area contributed by atoms with Crippen LogP contribution in [-0.2, 0) is 6.18 Å². The Morgan fingerprint density at radius 3 is 2.35 bits per heavy atom. The van der Waals surface area contributed by atoms with Gasteiger partial charge in [-0.1, -0.05) is 11.6 Å². The lowest BCUT2D eigenvalue weighted by atomic mass is 10.1. The van der Waals surface area contributed by atoms with Gasteiger partial charge in [-0.15, -0.1) is 0 Å². The molecule has 0 saturated heterocycles. The molecule has 0 radical (unpaired) electrons. The summed E-state index contributed by atoms with van der Waals surface area (Å²) in [5.74, 6) is 0.843. The van der Waals surface area contributed by atoms with Crippen molar-refractivity contribution in [2.45, 2.75) is 13.1 Å². The maximum Gasteiger partial charge on any atom is 0.433 e. The van der Waals surface area contributed by atoms with E-state index in [2.05, 4.69) is 4.98 Å². The van der Waals surface area contributed by atoms with Gasteiger partial charge in [-0.3, -0.25) is 0 Å². The molecule has 0 N–H and O–H groups in total. The van der Waals surface area contributed by atoms with Crippen LogP contribution < -0.4 is 9.47 Å². The minimum Gasteiger partial charge on any atom is -0.486 e. The van der Waals surface area contributed by atoms with Crippen LogP contribution in [0.4, 0.5) is 13.2 Å². The van der Waals surface area contributed by atoms with Crippen LogP contribution in [-0.4, -0.2) is 18.2 Å².